The van der Waals surface area contributed by atoms with Gasteiger partial charge in [0.25, 0.3) is 5.92 Å². The third-order valence-electron chi connectivity index (χ3n) is 6.20. The normalized spacial score (nSPS) is 20.2. The molecule has 8 nitrogen and oxygen atoms in total. The molecular weight excluding hydrogens is 471 g/mol. The van der Waals surface area contributed by atoms with Crippen molar-refractivity contribution in [2.75, 3.05) is 36.4 Å². The zero-order valence-corrected chi connectivity index (χ0v) is 18.8. The first-order chi connectivity index (χ1) is 16.6. The van der Waals surface area contributed by atoms with Crippen molar-refractivity contribution in [2.45, 2.75) is 31.0 Å². The van der Waals surface area contributed by atoms with Crippen LogP contribution < -0.4 is 10.2 Å². The number of nitrogens with zero attached hydrogens (tertiary/aromatic N) is 7. The Kier molecular flexibility index (Phi) is 5.82. The molecule has 0 amide bonds. The van der Waals surface area contributed by atoms with Gasteiger partial charge in [0.15, 0.2) is 0 Å². The highest BCUT2D eigenvalue weighted by Crippen LogP contribution is 2.35. The molecule has 0 spiro atoms. The molecule has 1 atom stereocenters. The minimum Gasteiger partial charge on any atom is -0.329 e. The average molecular weight is 494 g/mol. The van der Waals surface area contributed by atoms with Gasteiger partial charge in [-0.25, -0.2) is 18.7 Å². The van der Waals surface area contributed by atoms with Crippen LogP contribution >= 0.6 is 0 Å². The van der Waals surface area contributed by atoms with Gasteiger partial charge in [-0.1, -0.05) is 0 Å². The summed E-state index contributed by atoms with van der Waals surface area (Å²) in [6, 6.07) is 5.36. The van der Waals surface area contributed by atoms with Crippen LogP contribution in [-0.4, -0.2) is 61.7 Å². The molecule has 13 heteroatoms. The average Bonchev–Trinajstić information content (AvgIpc) is 3.41. The topological polar surface area (TPSA) is 75.0 Å². The van der Waals surface area contributed by atoms with Gasteiger partial charge in [-0.05, 0) is 31.2 Å². The quantitative estimate of drug-likeness (QED) is 0.523. The van der Waals surface area contributed by atoms with E-state index in [1.54, 1.807) is 12.3 Å². The Bertz CT molecular complexity index is 1200. The van der Waals surface area contributed by atoms with Crippen molar-refractivity contribution in [1.29, 1.82) is 0 Å². The number of aromatic nitrogens is 5. The number of pyridine rings is 1. The number of likely N-dealkylation sites (tertiary alicyclic amines) is 1. The van der Waals surface area contributed by atoms with Gasteiger partial charge >= 0.3 is 6.18 Å². The van der Waals surface area contributed by atoms with E-state index in [0.29, 0.717) is 18.8 Å². The van der Waals surface area contributed by atoms with E-state index >= 15 is 0 Å². The largest absolute Gasteiger partial charge is 0.416 e. The van der Waals surface area contributed by atoms with Crippen molar-refractivity contribution in [1.82, 2.24) is 29.6 Å². The predicted molar refractivity (Wildman–Crippen MR) is 118 cm³/mol. The Balaban J connectivity index is 1.39. The number of nitrogens with one attached hydrogen (secondary N) is 1. The van der Waals surface area contributed by atoms with Gasteiger partial charge in [-0.15, -0.1) is 0 Å². The molecule has 5 heterocycles. The molecule has 0 bridgehead atoms. The zero-order valence-electron chi connectivity index (χ0n) is 18.8. The van der Waals surface area contributed by atoms with Crippen molar-refractivity contribution in [3.63, 3.8) is 0 Å². The highest BCUT2D eigenvalue weighted by Gasteiger charge is 2.45. The van der Waals surface area contributed by atoms with Gasteiger partial charge in [-0.2, -0.15) is 23.3 Å². The Morgan fingerprint density at radius 2 is 1.89 bits per heavy atom. The van der Waals surface area contributed by atoms with E-state index in [-0.39, 0.29) is 23.5 Å². The summed E-state index contributed by atoms with van der Waals surface area (Å²) in [6.45, 7) is 1.21. The molecule has 186 valence electrons. The van der Waals surface area contributed by atoms with Gasteiger partial charge in [0.1, 0.15) is 11.6 Å². The van der Waals surface area contributed by atoms with Gasteiger partial charge in [0.05, 0.1) is 30.0 Å². The van der Waals surface area contributed by atoms with Crippen LogP contribution in [0, 0.1) is 0 Å². The van der Waals surface area contributed by atoms with E-state index in [0.717, 1.165) is 37.0 Å². The van der Waals surface area contributed by atoms with E-state index in [1.165, 1.54) is 4.90 Å². The minimum atomic E-state index is -4.52. The van der Waals surface area contributed by atoms with Crippen LogP contribution in [0.15, 0.2) is 36.7 Å². The first kappa shape index (κ1) is 23.4. The lowest BCUT2D eigenvalue weighted by Gasteiger charge is -2.38. The number of hydrogen-bond donors (Lipinski definition) is 1. The fraction of sp³-hybridized carbons (Fsp3) is 0.455. The Morgan fingerprint density at radius 1 is 1.09 bits per heavy atom. The first-order valence-corrected chi connectivity index (χ1v) is 11.1. The molecule has 0 aliphatic carbocycles. The number of rotatable bonds is 6. The maximum atomic E-state index is 13.5. The summed E-state index contributed by atoms with van der Waals surface area (Å²) in [7, 11) is 1.88. The van der Waals surface area contributed by atoms with Crippen molar-refractivity contribution >= 4 is 17.6 Å². The van der Waals surface area contributed by atoms with Crippen LogP contribution in [0.5, 0.6) is 0 Å². The Morgan fingerprint density at radius 3 is 2.57 bits per heavy atom. The monoisotopic (exact) mass is 494 g/mol. The molecule has 3 aromatic rings. The number of aryl methyl sites for hydroxylation is 1. The van der Waals surface area contributed by atoms with Crippen LogP contribution in [0.3, 0.4) is 0 Å². The summed E-state index contributed by atoms with van der Waals surface area (Å²) in [5.74, 6) is -2.52. The molecule has 0 saturated carbocycles. The van der Waals surface area contributed by atoms with Crippen LogP contribution in [0.25, 0.3) is 0 Å². The van der Waals surface area contributed by atoms with Crippen molar-refractivity contribution in [3.05, 3.63) is 53.6 Å². The van der Waals surface area contributed by atoms with E-state index in [1.807, 2.05) is 17.8 Å². The molecule has 2 aliphatic heterocycles. The third-order valence-corrected chi connectivity index (χ3v) is 6.20. The van der Waals surface area contributed by atoms with E-state index < -0.39 is 30.8 Å². The number of hydrogen-bond acceptors (Lipinski definition) is 7. The maximum Gasteiger partial charge on any atom is 0.416 e. The summed E-state index contributed by atoms with van der Waals surface area (Å²) in [6.07, 6.45) is -0.933. The Labute approximate surface area is 197 Å². The lowest BCUT2D eigenvalue weighted by Crippen LogP contribution is -2.57. The molecule has 3 aromatic heterocycles. The SMILES string of the molecule is Cn1nccc1CN1CCC(c2cc(Nc3cc(C(F)(F)F)ccn3)nc(N3CC(F)(F)C3)n2)C1. The summed E-state index contributed by atoms with van der Waals surface area (Å²) in [4.78, 5) is 16.4. The van der Waals surface area contributed by atoms with Crippen LogP contribution in [0.2, 0.25) is 0 Å². The second kappa shape index (κ2) is 8.70. The first-order valence-electron chi connectivity index (χ1n) is 11.1. The molecule has 1 N–H and O–H groups in total. The minimum absolute atomic E-state index is 0.0155. The van der Waals surface area contributed by atoms with Crippen molar-refractivity contribution < 1.29 is 22.0 Å². The lowest BCUT2D eigenvalue weighted by molar-refractivity contribution is -0.137. The number of anilines is 3. The van der Waals surface area contributed by atoms with E-state index in [4.69, 9.17) is 0 Å². The number of halogens is 5. The molecular formula is C22H23F5N8. The van der Waals surface area contributed by atoms with E-state index in [9.17, 15) is 22.0 Å². The van der Waals surface area contributed by atoms with Gasteiger partial charge in [-0.3, -0.25) is 9.58 Å². The van der Waals surface area contributed by atoms with Crippen molar-refractivity contribution in [2.24, 2.45) is 7.05 Å². The summed E-state index contributed by atoms with van der Waals surface area (Å²) >= 11 is 0. The zero-order chi connectivity index (χ0) is 24.8. The van der Waals surface area contributed by atoms with Gasteiger partial charge < -0.3 is 10.2 Å². The van der Waals surface area contributed by atoms with E-state index in [2.05, 4.69) is 30.3 Å². The second-order valence-electron chi connectivity index (χ2n) is 8.91. The van der Waals surface area contributed by atoms with Crippen molar-refractivity contribution in [3.8, 4) is 0 Å². The highest BCUT2D eigenvalue weighted by molar-refractivity contribution is 5.56. The molecule has 2 aliphatic rings. The fourth-order valence-corrected chi connectivity index (χ4v) is 4.33. The van der Waals surface area contributed by atoms with Crippen LogP contribution in [-0.2, 0) is 19.8 Å². The van der Waals surface area contributed by atoms with Gasteiger partial charge in [0, 0.05) is 44.5 Å². The second-order valence-corrected chi connectivity index (χ2v) is 8.91. The molecule has 0 radical (unpaired) electrons. The summed E-state index contributed by atoms with van der Waals surface area (Å²) in [5.41, 5.74) is 0.857. The number of alkyl halides is 5. The smallest absolute Gasteiger partial charge is 0.329 e. The van der Waals surface area contributed by atoms with Crippen LogP contribution in [0.4, 0.5) is 39.5 Å². The summed E-state index contributed by atoms with van der Waals surface area (Å²) in [5, 5.41) is 6.98. The predicted octanol–water partition coefficient (Wildman–Crippen LogP) is 3.81. The standard InChI is InChI=1S/C22H23F5N8/c1-33-16(3-6-29-33)11-34-7-4-14(10-34)17-9-19(32-20(30-17)35-12-21(23,24)13-35)31-18-8-15(2-5-28-18)22(25,26)27/h2-3,5-6,8-9,14H,4,7,10-13H2,1H3,(H,28,30,31,32). The lowest BCUT2D eigenvalue weighted by atomic mass is 10.0. The maximum absolute atomic E-state index is 13.5. The molecule has 5 rings (SSSR count). The molecule has 1 unspecified atom stereocenters. The summed E-state index contributed by atoms with van der Waals surface area (Å²) < 4.78 is 68.1. The third kappa shape index (κ3) is 5.19. The molecule has 2 saturated heterocycles. The molecule has 2 fully saturated rings. The van der Waals surface area contributed by atoms with Gasteiger partial charge in [0.2, 0.25) is 5.95 Å². The molecule has 35 heavy (non-hydrogen) atoms. The Hall–Kier alpha value is -3.35. The molecule has 0 aromatic carbocycles. The highest BCUT2D eigenvalue weighted by atomic mass is 19.4. The van der Waals surface area contributed by atoms with Crippen LogP contribution in [0.1, 0.15) is 29.3 Å². The fourth-order valence-electron chi connectivity index (χ4n) is 4.33.